The van der Waals surface area contributed by atoms with E-state index in [1.165, 1.54) is 6.07 Å². The van der Waals surface area contributed by atoms with Crippen LogP contribution in [0.3, 0.4) is 0 Å². The summed E-state index contributed by atoms with van der Waals surface area (Å²) in [5, 5.41) is 10.5. The molecule has 0 spiro atoms. The topological polar surface area (TPSA) is 29.5 Å². The van der Waals surface area contributed by atoms with Crippen molar-refractivity contribution in [3.8, 4) is 0 Å². The highest BCUT2D eigenvalue weighted by atomic mass is 79.9. The Balaban J connectivity index is 2.10. The molecule has 106 valence electrons. The summed E-state index contributed by atoms with van der Waals surface area (Å²) in [6, 6.07) is 4.87. The van der Waals surface area contributed by atoms with E-state index in [4.69, 9.17) is 4.74 Å². The molecule has 0 aromatic heterocycles. The first-order valence-corrected chi connectivity index (χ1v) is 7.62. The molecule has 1 unspecified atom stereocenters. The van der Waals surface area contributed by atoms with Crippen molar-refractivity contribution in [3.05, 3.63) is 34.1 Å². The van der Waals surface area contributed by atoms with Crippen molar-refractivity contribution in [3.63, 3.8) is 0 Å². The van der Waals surface area contributed by atoms with Crippen molar-refractivity contribution in [2.75, 3.05) is 6.61 Å². The maximum Gasteiger partial charge on any atom is 0.137 e. The number of halogens is 2. The Bertz CT molecular complexity index is 430. The van der Waals surface area contributed by atoms with E-state index in [2.05, 4.69) is 15.9 Å². The Morgan fingerprint density at radius 2 is 2.11 bits per heavy atom. The Labute approximate surface area is 122 Å². The Kier molecular flexibility index (Phi) is 4.98. The van der Waals surface area contributed by atoms with Gasteiger partial charge < -0.3 is 9.84 Å². The molecule has 2 nitrogen and oxygen atoms in total. The van der Waals surface area contributed by atoms with E-state index in [1.807, 2.05) is 6.92 Å². The van der Waals surface area contributed by atoms with Crippen molar-refractivity contribution >= 4 is 15.9 Å². The molecule has 1 N–H and O–H groups in total. The van der Waals surface area contributed by atoms with Gasteiger partial charge in [0.2, 0.25) is 0 Å². The Morgan fingerprint density at radius 3 is 2.68 bits per heavy atom. The smallest absolute Gasteiger partial charge is 0.137 e. The summed E-state index contributed by atoms with van der Waals surface area (Å²) in [6.45, 7) is 2.57. The zero-order valence-electron chi connectivity index (χ0n) is 11.2. The number of rotatable bonds is 5. The lowest BCUT2D eigenvalue weighted by Crippen LogP contribution is -2.43. The van der Waals surface area contributed by atoms with Gasteiger partial charge in [0.05, 0.1) is 16.2 Å². The van der Waals surface area contributed by atoms with Crippen LogP contribution in [0.4, 0.5) is 4.39 Å². The second-order valence-electron chi connectivity index (χ2n) is 5.17. The minimum atomic E-state index is -0.535. The molecule has 1 atom stereocenters. The Morgan fingerprint density at radius 1 is 1.42 bits per heavy atom. The Hall–Kier alpha value is -0.450. The zero-order chi connectivity index (χ0) is 13.9. The van der Waals surface area contributed by atoms with Gasteiger partial charge in [-0.2, -0.15) is 0 Å². The predicted molar refractivity (Wildman–Crippen MR) is 76.6 cm³/mol. The van der Waals surface area contributed by atoms with Crippen molar-refractivity contribution in [1.82, 2.24) is 0 Å². The summed E-state index contributed by atoms with van der Waals surface area (Å²) >= 11 is 3.18. The number of ether oxygens (including phenoxy) is 1. The van der Waals surface area contributed by atoms with Crippen LogP contribution in [-0.2, 0) is 11.2 Å². The number of aliphatic hydroxyl groups is 1. The van der Waals surface area contributed by atoms with Crippen LogP contribution in [0.5, 0.6) is 0 Å². The highest BCUT2D eigenvalue weighted by Gasteiger charge is 2.41. The first-order valence-electron chi connectivity index (χ1n) is 6.83. The quantitative estimate of drug-likeness (QED) is 0.888. The fraction of sp³-hybridized carbons (Fsp3) is 0.600. The van der Waals surface area contributed by atoms with E-state index in [0.717, 1.165) is 31.2 Å². The second kappa shape index (κ2) is 6.33. The van der Waals surface area contributed by atoms with Crippen LogP contribution in [0.2, 0.25) is 0 Å². The molecular formula is C15H20BrFO2. The molecule has 1 aliphatic carbocycles. The molecule has 1 aromatic rings. The predicted octanol–water partition coefficient (Wildman–Crippen LogP) is 3.84. The van der Waals surface area contributed by atoms with Gasteiger partial charge in [-0.1, -0.05) is 18.9 Å². The second-order valence-corrected chi connectivity index (χ2v) is 6.03. The van der Waals surface area contributed by atoms with E-state index in [9.17, 15) is 9.50 Å². The summed E-state index contributed by atoms with van der Waals surface area (Å²) in [6.07, 6.45) is 3.98. The highest BCUT2D eigenvalue weighted by molar-refractivity contribution is 9.10. The number of benzene rings is 1. The summed E-state index contributed by atoms with van der Waals surface area (Å²) < 4.78 is 19.5. The largest absolute Gasteiger partial charge is 0.390 e. The van der Waals surface area contributed by atoms with Crippen LogP contribution in [0.25, 0.3) is 0 Å². The van der Waals surface area contributed by atoms with Crippen LogP contribution in [0.1, 0.15) is 38.2 Å². The highest BCUT2D eigenvalue weighted by Crippen LogP contribution is 2.37. The van der Waals surface area contributed by atoms with Crippen molar-refractivity contribution < 1.29 is 14.2 Å². The zero-order valence-corrected chi connectivity index (χ0v) is 12.7. The van der Waals surface area contributed by atoms with Gasteiger partial charge in [0.25, 0.3) is 0 Å². The normalized spacial score (nSPS) is 19.6. The van der Waals surface area contributed by atoms with Crippen LogP contribution >= 0.6 is 15.9 Å². The van der Waals surface area contributed by atoms with Gasteiger partial charge in [-0.25, -0.2) is 4.39 Å². The van der Waals surface area contributed by atoms with Gasteiger partial charge >= 0.3 is 0 Å². The van der Waals surface area contributed by atoms with E-state index in [0.29, 0.717) is 17.5 Å². The molecule has 0 saturated heterocycles. The molecule has 1 aliphatic rings. The number of aliphatic hydroxyl groups excluding tert-OH is 1. The maximum absolute atomic E-state index is 13.2. The lowest BCUT2D eigenvalue weighted by molar-refractivity contribution is -0.115. The van der Waals surface area contributed by atoms with Crippen molar-refractivity contribution in [2.45, 2.75) is 50.7 Å². The minimum absolute atomic E-state index is 0.279. The SMILES string of the molecule is CCOC1(C(O)Cc2ccc(F)c(Br)c2)CCCC1. The van der Waals surface area contributed by atoms with E-state index in [-0.39, 0.29) is 5.82 Å². The number of hydrogen-bond donors (Lipinski definition) is 1. The summed E-state index contributed by atoms with van der Waals surface area (Å²) in [5.74, 6) is -0.279. The number of hydrogen-bond acceptors (Lipinski definition) is 2. The fourth-order valence-electron chi connectivity index (χ4n) is 2.91. The van der Waals surface area contributed by atoms with E-state index < -0.39 is 11.7 Å². The average Bonchev–Trinajstić information content (AvgIpc) is 2.84. The third-order valence-electron chi connectivity index (χ3n) is 3.90. The van der Waals surface area contributed by atoms with Crippen LogP contribution in [-0.4, -0.2) is 23.4 Å². The van der Waals surface area contributed by atoms with Gasteiger partial charge in [-0.05, 0) is 53.4 Å². The van der Waals surface area contributed by atoms with Crippen LogP contribution < -0.4 is 0 Å². The van der Waals surface area contributed by atoms with E-state index in [1.54, 1.807) is 12.1 Å². The van der Waals surface area contributed by atoms with E-state index >= 15 is 0 Å². The van der Waals surface area contributed by atoms with Gasteiger partial charge in [0.1, 0.15) is 5.82 Å². The molecule has 0 aliphatic heterocycles. The summed E-state index contributed by atoms with van der Waals surface area (Å²) in [4.78, 5) is 0. The molecule has 4 heteroatoms. The lowest BCUT2D eigenvalue weighted by atomic mass is 9.89. The third-order valence-corrected chi connectivity index (χ3v) is 4.51. The molecule has 0 heterocycles. The third kappa shape index (κ3) is 3.36. The molecule has 0 amide bonds. The first-order chi connectivity index (χ1) is 9.07. The molecule has 2 rings (SSSR count). The molecule has 0 bridgehead atoms. The minimum Gasteiger partial charge on any atom is -0.390 e. The first kappa shape index (κ1) is 14.9. The maximum atomic E-state index is 13.2. The summed E-state index contributed by atoms with van der Waals surface area (Å²) in [7, 11) is 0. The standard InChI is InChI=1S/C15H20BrFO2/c1-2-19-15(7-3-4-8-15)14(18)10-11-5-6-13(17)12(16)9-11/h5-6,9,14,18H,2-4,7-8,10H2,1H3. The van der Waals surface area contributed by atoms with Gasteiger partial charge in [-0.3, -0.25) is 0 Å². The molecular weight excluding hydrogens is 311 g/mol. The van der Waals surface area contributed by atoms with Crippen LogP contribution in [0, 0.1) is 5.82 Å². The molecule has 1 aromatic carbocycles. The fourth-order valence-corrected chi connectivity index (χ4v) is 3.34. The molecule has 19 heavy (non-hydrogen) atoms. The van der Waals surface area contributed by atoms with Gasteiger partial charge in [0, 0.05) is 13.0 Å². The molecule has 1 saturated carbocycles. The lowest BCUT2D eigenvalue weighted by Gasteiger charge is -2.34. The van der Waals surface area contributed by atoms with Crippen molar-refractivity contribution in [1.29, 1.82) is 0 Å². The molecule has 1 fully saturated rings. The molecule has 0 radical (unpaired) electrons. The van der Waals surface area contributed by atoms with Crippen molar-refractivity contribution in [2.24, 2.45) is 0 Å². The van der Waals surface area contributed by atoms with Gasteiger partial charge in [-0.15, -0.1) is 0 Å². The summed E-state index contributed by atoms with van der Waals surface area (Å²) in [5.41, 5.74) is 0.516. The van der Waals surface area contributed by atoms with Crippen LogP contribution in [0.15, 0.2) is 22.7 Å². The van der Waals surface area contributed by atoms with Gasteiger partial charge in [0.15, 0.2) is 0 Å². The average molecular weight is 331 g/mol. The monoisotopic (exact) mass is 330 g/mol.